The second-order valence-electron chi connectivity index (χ2n) is 2.55. The van der Waals surface area contributed by atoms with Crippen LogP contribution in [0.1, 0.15) is 5.56 Å². The van der Waals surface area contributed by atoms with Crippen LogP contribution in [-0.4, -0.2) is 25.2 Å². The van der Waals surface area contributed by atoms with Gasteiger partial charge in [0.1, 0.15) is 0 Å². The average molecular weight is 216 g/mol. The molecule has 0 bridgehead atoms. The van der Waals surface area contributed by atoms with Crippen molar-refractivity contribution in [2.45, 2.75) is 6.42 Å². The van der Waals surface area contributed by atoms with Crippen LogP contribution in [0, 0.1) is 0 Å². The third-order valence-corrected chi connectivity index (χ3v) is 1.98. The first-order valence-corrected chi connectivity index (χ1v) is 4.31. The van der Waals surface area contributed by atoms with E-state index in [1.54, 1.807) is 6.07 Å². The third-order valence-electron chi connectivity index (χ3n) is 1.71. The molecule has 0 aromatic carbocycles. The van der Waals surface area contributed by atoms with Gasteiger partial charge in [0.25, 0.3) is 0 Å². The summed E-state index contributed by atoms with van der Waals surface area (Å²) < 4.78 is 9.55. The smallest absolute Gasteiger partial charge is 0.310 e. The molecule has 0 aliphatic heterocycles. The normalized spacial score (nSPS) is 9.64. The number of rotatable bonds is 3. The van der Waals surface area contributed by atoms with E-state index in [2.05, 4.69) is 9.72 Å². The van der Waals surface area contributed by atoms with Gasteiger partial charge in [-0.3, -0.25) is 4.79 Å². The Balaban J connectivity index is 2.96. The topological polar surface area (TPSA) is 48.4 Å². The predicted octanol–water partition coefficient (Wildman–Crippen LogP) is 1.46. The van der Waals surface area contributed by atoms with Gasteiger partial charge in [-0.05, 0) is 6.07 Å². The Morgan fingerprint density at radius 2 is 2.29 bits per heavy atom. The third kappa shape index (κ3) is 2.35. The largest absolute Gasteiger partial charge is 0.493 e. The predicted molar refractivity (Wildman–Crippen MR) is 51.5 cm³/mol. The van der Waals surface area contributed by atoms with E-state index >= 15 is 0 Å². The lowest BCUT2D eigenvalue weighted by Crippen LogP contribution is -2.06. The number of carbonyl (C=O) groups is 1. The zero-order valence-corrected chi connectivity index (χ0v) is 8.67. The molecule has 0 atom stereocenters. The van der Waals surface area contributed by atoms with Crippen LogP contribution in [0.4, 0.5) is 0 Å². The highest BCUT2D eigenvalue weighted by Crippen LogP contribution is 2.26. The van der Waals surface area contributed by atoms with Crippen molar-refractivity contribution in [2.24, 2.45) is 0 Å². The number of ether oxygens (including phenoxy) is 2. The lowest BCUT2D eigenvalue weighted by molar-refractivity contribution is -0.139. The van der Waals surface area contributed by atoms with Crippen molar-refractivity contribution in [3.05, 3.63) is 23.0 Å². The van der Waals surface area contributed by atoms with Crippen LogP contribution < -0.4 is 4.74 Å². The van der Waals surface area contributed by atoms with Gasteiger partial charge in [-0.25, -0.2) is 4.98 Å². The van der Waals surface area contributed by atoms with E-state index in [1.807, 2.05) is 0 Å². The molecule has 0 aliphatic carbocycles. The number of pyridine rings is 1. The zero-order valence-electron chi connectivity index (χ0n) is 7.91. The summed E-state index contributed by atoms with van der Waals surface area (Å²) in [6.45, 7) is 0. The van der Waals surface area contributed by atoms with Gasteiger partial charge >= 0.3 is 5.97 Å². The number of hydrogen-bond donors (Lipinski definition) is 0. The fraction of sp³-hybridized carbons (Fsp3) is 0.333. The molecule has 1 aromatic rings. The number of methoxy groups -OCH3 is 2. The Kier molecular flexibility index (Phi) is 3.71. The first-order chi connectivity index (χ1) is 6.69. The highest BCUT2D eigenvalue weighted by atomic mass is 35.5. The molecular formula is C9H10ClNO3. The number of nitrogens with zero attached hydrogens (tertiary/aromatic N) is 1. The Bertz CT molecular complexity index is 341. The Morgan fingerprint density at radius 1 is 1.57 bits per heavy atom. The summed E-state index contributed by atoms with van der Waals surface area (Å²) in [6, 6.07) is 1.67. The maximum Gasteiger partial charge on any atom is 0.310 e. The minimum Gasteiger partial charge on any atom is -0.493 e. The van der Waals surface area contributed by atoms with Gasteiger partial charge < -0.3 is 9.47 Å². The van der Waals surface area contributed by atoms with Gasteiger partial charge in [-0.1, -0.05) is 11.6 Å². The lowest BCUT2D eigenvalue weighted by atomic mass is 10.2. The SMILES string of the molecule is COC(=O)Cc1ccnc(Cl)c1OC. The number of carbonyl (C=O) groups excluding carboxylic acids is 1. The molecule has 0 saturated carbocycles. The second-order valence-corrected chi connectivity index (χ2v) is 2.91. The van der Waals surface area contributed by atoms with Crippen LogP contribution in [-0.2, 0) is 16.0 Å². The van der Waals surface area contributed by atoms with E-state index in [0.29, 0.717) is 11.3 Å². The molecular weight excluding hydrogens is 206 g/mol. The van der Waals surface area contributed by atoms with Gasteiger partial charge in [-0.15, -0.1) is 0 Å². The maximum atomic E-state index is 11.0. The molecule has 0 N–H and O–H groups in total. The Morgan fingerprint density at radius 3 is 2.86 bits per heavy atom. The standard InChI is InChI=1S/C9H10ClNO3/c1-13-7(12)5-6-3-4-11-9(10)8(6)14-2/h3-4H,5H2,1-2H3. The van der Waals surface area contributed by atoms with Crippen molar-refractivity contribution in [2.75, 3.05) is 14.2 Å². The van der Waals surface area contributed by atoms with Gasteiger partial charge in [0.05, 0.1) is 20.6 Å². The summed E-state index contributed by atoms with van der Waals surface area (Å²) in [5, 5.41) is 0.244. The monoisotopic (exact) mass is 215 g/mol. The molecule has 0 saturated heterocycles. The summed E-state index contributed by atoms with van der Waals surface area (Å²) in [5.41, 5.74) is 0.666. The highest BCUT2D eigenvalue weighted by Gasteiger charge is 2.12. The summed E-state index contributed by atoms with van der Waals surface area (Å²) in [6.07, 6.45) is 1.64. The minimum atomic E-state index is -0.342. The summed E-state index contributed by atoms with van der Waals surface area (Å²) >= 11 is 5.77. The van der Waals surface area contributed by atoms with Crippen molar-refractivity contribution < 1.29 is 14.3 Å². The van der Waals surface area contributed by atoms with Crippen molar-refractivity contribution in [1.82, 2.24) is 4.98 Å². The van der Waals surface area contributed by atoms with Crippen molar-refractivity contribution in [1.29, 1.82) is 0 Å². The summed E-state index contributed by atoms with van der Waals surface area (Å²) in [4.78, 5) is 14.9. The quantitative estimate of drug-likeness (QED) is 0.566. The molecule has 5 heteroatoms. The molecule has 4 nitrogen and oxygen atoms in total. The zero-order chi connectivity index (χ0) is 10.6. The first-order valence-electron chi connectivity index (χ1n) is 3.93. The number of halogens is 1. The van der Waals surface area contributed by atoms with Crippen molar-refractivity contribution >= 4 is 17.6 Å². The number of esters is 1. The van der Waals surface area contributed by atoms with Crippen LogP contribution in [0.15, 0.2) is 12.3 Å². The molecule has 0 unspecified atom stereocenters. The van der Waals surface area contributed by atoms with E-state index in [4.69, 9.17) is 16.3 Å². The maximum absolute atomic E-state index is 11.0. The molecule has 76 valence electrons. The van der Waals surface area contributed by atoms with Gasteiger partial charge in [0.15, 0.2) is 10.9 Å². The van der Waals surface area contributed by atoms with Crippen LogP contribution >= 0.6 is 11.6 Å². The van der Waals surface area contributed by atoms with Crippen LogP contribution in [0.5, 0.6) is 5.75 Å². The molecule has 0 fully saturated rings. The average Bonchev–Trinajstić information content (AvgIpc) is 2.18. The highest BCUT2D eigenvalue weighted by molar-refractivity contribution is 6.30. The van der Waals surface area contributed by atoms with Gasteiger partial charge in [-0.2, -0.15) is 0 Å². The lowest BCUT2D eigenvalue weighted by Gasteiger charge is -2.07. The van der Waals surface area contributed by atoms with Crippen LogP contribution in [0.3, 0.4) is 0 Å². The van der Waals surface area contributed by atoms with Crippen LogP contribution in [0.25, 0.3) is 0 Å². The fourth-order valence-electron chi connectivity index (χ4n) is 1.04. The molecule has 1 rings (SSSR count). The molecule has 0 aliphatic rings. The Hall–Kier alpha value is -1.29. The van der Waals surface area contributed by atoms with E-state index < -0.39 is 0 Å². The van der Waals surface area contributed by atoms with Gasteiger partial charge in [0, 0.05) is 11.8 Å². The number of hydrogen-bond acceptors (Lipinski definition) is 4. The molecule has 0 spiro atoms. The number of aromatic nitrogens is 1. The molecule has 1 aromatic heterocycles. The van der Waals surface area contributed by atoms with E-state index in [9.17, 15) is 4.79 Å². The summed E-state index contributed by atoms with van der Waals surface area (Å²) in [7, 11) is 2.81. The van der Waals surface area contributed by atoms with E-state index in [0.717, 1.165) is 0 Å². The van der Waals surface area contributed by atoms with Crippen LogP contribution in [0.2, 0.25) is 5.15 Å². The molecule has 14 heavy (non-hydrogen) atoms. The van der Waals surface area contributed by atoms with E-state index in [1.165, 1.54) is 20.4 Å². The molecule has 1 heterocycles. The van der Waals surface area contributed by atoms with Crippen molar-refractivity contribution in [3.8, 4) is 5.75 Å². The van der Waals surface area contributed by atoms with E-state index in [-0.39, 0.29) is 17.5 Å². The fourth-order valence-corrected chi connectivity index (χ4v) is 1.30. The summed E-state index contributed by atoms with van der Waals surface area (Å²) in [5.74, 6) is 0.0742. The molecule has 0 radical (unpaired) electrons. The first kappa shape index (κ1) is 10.8. The second kappa shape index (κ2) is 4.81. The Labute approximate surface area is 86.8 Å². The van der Waals surface area contributed by atoms with Crippen molar-refractivity contribution in [3.63, 3.8) is 0 Å². The molecule has 0 amide bonds. The van der Waals surface area contributed by atoms with Gasteiger partial charge in [0.2, 0.25) is 0 Å². The minimum absolute atomic E-state index is 0.127.